The van der Waals surface area contributed by atoms with Crippen LogP contribution in [0.25, 0.3) is 0 Å². The predicted molar refractivity (Wildman–Crippen MR) is 89.8 cm³/mol. The van der Waals surface area contributed by atoms with Crippen LogP contribution >= 0.6 is 11.3 Å². The molecule has 1 aromatic heterocycles. The lowest BCUT2D eigenvalue weighted by Crippen LogP contribution is -2.45. The summed E-state index contributed by atoms with van der Waals surface area (Å²) in [6, 6.07) is 10.7. The zero-order chi connectivity index (χ0) is 16.9. The van der Waals surface area contributed by atoms with Crippen LogP contribution in [-0.4, -0.2) is 36.7 Å². The quantitative estimate of drug-likeness (QED) is 0.872. The van der Waals surface area contributed by atoms with Gasteiger partial charge in [-0.05, 0) is 29.1 Å². The average Bonchev–Trinajstić information content (AvgIpc) is 3.24. The fourth-order valence-corrected chi connectivity index (χ4v) is 3.20. The Morgan fingerprint density at radius 3 is 3.04 bits per heavy atom. The number of carbonyl (C=O) groups excluding carboxylic acids is 2. The lowest BCUT2D eigenvalue weighted by atomic mass is 10.2. The van der Waals surface area contributed by atoms with Crippen molar-refractivity contribution in [2.75, 3.05) is 13.7 Å². The fourth-order valence-electron chi connectivity index (χ4n) is 2.50. The minimum absolute atomic E-state index is 0.0775. The number of carbonyl (C=O) groups is 2. The Bertz CT molecular complexity index is 717. The van der Waals surface area contributed by atoms with Gasteiger partial charge in [0.05, 0.1) is 13.7 Å². The first-order valence-electron chi connectivity index (χ1n) is 7.54. The molecule has 1 aliphatic rings. The van der Waals surface area contributed by atoms with Gasteiger partial charge in [-0.2, -0.15) is 0 Å². The monoisotopic (exact) mass is 346 g/mol. The van der Waals surface area contributed by atoms with Gasteiger partial charge in [0.2, 0.25) is 5.91 Å². The van der Waals surface area contributed by atoms with E-state index in [4.69, 9.17) is 9.47 Å². The van der Waals surface area contributed by atoms with Crippen LogP contribution < -0.4 is 10.1 Å². The Morgan fingerprint density at radius 1 is 1.42 bits per heavy atom. The second kappa shape index (κ2) is 7.35. The summed E-state index contributed by atoms with van der Waals surface area (Å²) < 4.78 is 10.2. The molecule has 1 saturated heterocycles. The molecule has 24 heavy (non-hydrogen) atoms. The zero-order valence-corrected chi connectivity index (χ0v) is 14.0. The summed E-state index contributed by atoms with van der Waals surface area (Å²) in [7, 11) is 1.60. The third-order valence-corrected chi connectivity index (χ3v) is 4.65. The number of nitrogens with zero attached hydrogens (tertiary/aromatic N) is 1. The molecule has 1 aliphatic heterocycles. The summed E-state index contributed by atoms with van der Waals surface area (Å²) in [5.74, 6) is 0.515. The van der Waals surface area contributed by atoms with E-state index in [0.717, 1.165) is 16.2 Å². The van der Waals surface area contributed by atoms with Gasteiger partial charge in [0.1, 0.15) is 18.4 Å². The van der Waals surface area contributed by atoms with Crippen molar-refractivity contribution in [3.8, 4) is 5.75 Å². The molecule has 0 aliphatic carbocycles. The Kier molecular flexibility index (Phi) is 5.00. The molecule has 6 nitrogen and oxygen atoms in total. The van der Waals surface area contributed by atoms with E-state index in [2.05, 4.69) is 5.32 Å². The van der Waals surface area contributed by atoms with Gasteiger partial charge in [0, 0.05) is 11.4 Å². The zero-order valence-electron chi connectivity index (χ0n) is 13.2. The molecule has 2 aromatic rings. The largest absolute Gasteiger partial charge is 0.497 e. The van der Waals surface area contributed by atoms with E-state index < -0.39 is 12.1 Å². The molecule has 1 atom stereocenters. The van der Waals surface area contributed by atoms with E-state index in [9.17, 15) is 9.59 Å². The molecule has 1 fully saturated rings. The number of hydrogen-bond acceptors (Lipinski definition) is 5. The first-order chi connectivity index (χ1) is 11.7. The van der Waals surface area contributed by atoms with Crippen molar-refractivity contribution in [2.45, 2.75) is 19.1 Å². The highest BCUT2D eigenvalue weighted by Gasteiger charge is 2.38. The van der Waals surface area contributed by atoms with Gasteiger partial charge < -0.3 is 14.8 Å². The second-order valence-electron chi connectivity index (χ2n) is 5.37. The van der Waals surface area contributed by atoms with Crippen molar-refractivity contribution in [1.82, 2.24) is 10.2 Å². The molecule has 1 aromatic carbocycles. The molecule has 0 radical (unpaired) electrons. The van der Waals surface area contributed by atoms with Crippen molar-refractivity contribution >= 4 is 23.3 Å². The molecule has 2 heterocycles. The minimum atomic E-state index is -0.606. The van der Waals surface area contributed by atoms with Gasteiger partial charge in [-0.25, -0.2) is 4.79 Å². The van der Waals surface area contributed by atoms with Gasteiger partial charge in [0.25, 0.3) is 0 Å². The van der Waals surface area contributed by atoms with E-state index in [0.29, 0.717) is 13.1 Å². The Balaban J connectivity index is 1.61. The number of nitrogens with one attached hydrogen (secondary N) is 1. The highest BCUT2D eigenvalue weighted by molar-refractivity contribution is 7.09. The number of hydrogen-bond donors (Lipinski definition) is 1. The molecule has 0 saturated carbocycles. The van der Waals surface area contributed by atoms with Gasteiger partial charge in [0.15, 0.2) is 0 Å². The number of benzene rings is 1. The van der Waals surface area contributed by atoms with Crippen molar-refractivity contribution < 1.29 is 19.1 Å². The van der Waals surface area contributed by atoms with Gasteiger partial charge in [-0.15, -0.1) is 11.3 Å². The third kappa shape index (κ3) is 3.68. The van der Waals surface area contributed by atoms with E-state index in [-0.39, 0.29) is 12.5 Å². The Hall–Kier alpha value is -2.54. The first kappa shape index (κ1) is 16.3. The predicted octanol–water partition coefficient (Wildman–Crippen LogP) is 2.39. The molecular weight excluding hydrogens is 328 g/mol. The average molecular weight is 346 g/mol. The molecule has 0 spiro atoms. The summed E-state index contributed by atoms with van der Waals surface area (Å²) >= 11 is 1.54. The van der Waals surface area contributed by atoms with Gasteiger partial charge in [-0.3, -0.25) is 9.69 Å². The third-order valence-electron chi connectivity index (χ3n) is 3.79. The maximum Gasteiger partial charge on any atom is 0.410 e. The lowest BCUT2D eigenvalue weighted by Gasteiger charge is -2.20. The number of thiophene rings is 1. The Labute approximate surface area is 144 Å². The lowest BCUT2D eigenvalue weighted by molar-refractivity contribution is -0.125. The maximum atomic E-state index is 12.4. The summed E-state index contributed by atoms with van der Waals surface area (Å²) in [5.41, 5.74) is 0.928. The summed E-state index contributed by atoms with van der Waals surface area (Å²) in [5, 5.41) is 4.80. The summed E-state index contributed by atoms with van der Waals surface area (Å²) in [6.07, 6.45) is -0.454. The van der Waals surface area contributed by atoms with Crippen LogP contribution in [0.2, 0.25) is 0 Å². The van der Waals surface area contributed by atoms with Crippen molar-refractivity contribution in [1.29, 1.82) is 0 Å². The van der Waals surface area contributed by atoms with E-state index in [1.165, 1.54) is 4.90 Å². The van der Waals surface area contributed by atoms with Crippen LogP contribution in [0.4, 0.5) is 4.79 Å². The molecule has 3 rings (SSSR count). The van der Waals surface area contributed by atoms with Crippen molar-refractivity contribution in [2.24, 2.45) is 0 Å². The number of methoxy groups -OCH3 is 1. The maximum absolute atomic E-state index is 12.4. The van der Waals surface area contributed by atoms with Crippen LogP contribution in [0.5, 0.6) is 5.75 Å². The molecule has 2 amide bonds. The van der Waals surface area contributed by atoms with Crippen LogP contribution in [0, 0.1) is 0 Å². The minimum Gasteiger partial charge on any atom is -0.497 e. The SMILES string of the molecule is COc1cccc(CNC(=O)[C@@H]2COC(=O)N2Cc2cccs2)c1. The Morgan fingerprint density at radius 2 is 2.29 bits per heavy atom. The van der Waals surface area contributed by atoms with Gasteiger partial charge >= 0.3 is 6.09 Å². The molecule has 0 unspecified atom stereocenters. The van der Waals surface area contributed by atoms with Gasteiger partial charge in [-0.1, -0.05) is 18.2 Å². The fraction of sp³-hybridized carbons (Fsp3) is 0.294. The van der Waals surface area contributed by atoms with E-state index >= 15 is 0 Å². The van der Waals surface area contributed by atoms with E-state index in [1.54, 1.807) is 18.4 Å². The van der Waals surface area contributed by atoms with Crippen LogP contribution in [0.1, 0.15) is 10.4 Å². The van der Waals surface area contributed by atoms with E-state index in [1.807, 2.05) is 41.8 Å². The first-order valence-corrected chi connectivity index (χ1v) is 8.42. The number of rotatable bonds is 6. The number of amides is 2. The topological polar surface area (TPSA) is 67.9 Å². The smallest absolute Gasteiger partial charge is 0.410 e. The summed E-state index contributed by atoms with van der Waals surface area (Å²) in [4.78, 5) is 26.8. The molecular formula is C17H18N2O4S. The molecule has 1 N–H and O–H groups in total. The standard InChI is InChI=1S/C17H18N2O4S/c1-22-13-5-2-4-12(8-13)9-18-16(20)15-11-23-17(21)19(15)10-14-6-3-7-24-14/h2-8,15H,9-11H2,1H3,(H,18,20)/t15-/m0/s1. The van der Waals surface area contributed by atoms with Crippen molar-refractivity contribution in [3.05, 3.63) is 52.2 Å². The number of ether oxygens (including phenoxy) is 2. The summed E-state index contributed by atoms with van der Waals surface area (Å²) in [6.45, 7) is 0.829. The second-order valence-corrected chi connectivity index (χ2v) is 6.40. The van der Waals surface area contributed by atoms with Crippen LogP contribution in [0.15, 0.2) is 41.8 Å². The molecule has 126 valence electrons. The molecule has 0 bridgehead atoms. The van der Waals surface area contributed by atoms with Crippen LogP contribution in [-0.2, 0) is 22.6 Å². The number of cyclic esters (lactones) is 1. The normalized spacial score (nSPS) is 16.8. The highest BCUT2D eigenvalue weighted by atomic mass is 32.1. The molecule has 7 heteroatoms. The highest BCUT2D eigenvalue weighted by Crippen LogP contribution is 2.20. The van der Waals surface area contributed by atoms with Crippen LogP contribution in [0.3, 0.4) is 0 Å². The van der Waals surface area contributed by atoms with Crippen molar-refractivity contribution in [3.63, 3.8) is 0 Å².